The van der Waals surface area contributed by atoms with Crippen LogP contribution in [0.4, 0.5) is 35.4 Å². The normalized spacial score (nSPS) is 16.6. The number of aliphatic hydroxyl groups excluding tert-OH is 1. The third kappa shape index (κ3) is 3.95. The second-order valence-corrected chi connectivity index (χ2v) is 9.40. The summed E-state index contributed by atoms with van der Waals surface area (Å²) in [7, 11) is 0. The van der Waals surface area contributed by atoms with Crippen LogP contribution in [0.1, 0.15) is 43.0 Å². The molecule has 2 aliphatic rings. The number of amides is 2. The largest absolute Gasteiger partial charge is 0.400 e. The topological polar surface area (TPSA) is 144 Å². The molecule has 0 bridgehead atoms. The van der Waals surface area contributed by atoms with Gasteiger partial charge in [0.2, 0.25) is 5.88 Å². The first-order valence-corrected chi connectivity index (χ1v) is 11.7. The van der Waals surface area contributed by atoms with Crippen LogP contribution < -0.4 is 16.4 Å². The first-order chi connectivity index (χ1) is 17.7. The molecule has 0 radical (unpaired) electrons. The number of fused-ring (bicyclic) bond motifs is 1. The number of alkyl halides is 3. The Morgan fingerprint density at radius 2 is 2.00 bits per heavy atom. The Labute approximate surface area is 207 Å². The molecule has 0 unspecified atom stereocenters. The summed E-state index contributed by atoms with van der Waals surface area (Å²) in [5, 5.41) is 19.1. The van der Waals surface area contributed by atoms with E-state index in [0.29, 0.717) is 28.5 Å². The molecule has 0 aliphatic heterocycles. The number of nitrogens with two attached hydrogens (primary N) is 1. The van der Waals surface area contributed by atoms with Crippen molar-refractivity contribution in [3.05, 3.63) is 48.0 Å². The van der Waals surface area contributed by atoms with Crippen molar-refractivity contribution >= 4 is 34.5 Å². The van der Waals surface area contributed by atoms with Crippen LogP contribution in [0.5, 0.6) is 0 Å². The Balaban J connectivity index is 1.23. The average molecular weight is 513 g/mol. The summed E-state index contributed by atoms with van der Waals surface area (Å²) >= 11 is 0. The number of carbonyl (C=O) groups is 1. The van der Waals surface area contributed by atoms with Gasteiger partial charge in [-0.3, -0.25) is 5.32 Å². The van der Waals surface area contributed by atoms with Crippen molar-refractivity contribution in [1.82, 2.24) is 19.7 Å². The van der Waals surface area contributed by atoms with Gasteiger partial charge in [-0.15, -0.1) is 0 Å². The van der Waals surface area contributed by atoms with Gasteiger partial charge in [0.15, 0.2) is 0 Å². The third-order valence-corrected chi connectivity index (χ3v) is 6.94. The number of nitrogen functional groups attached to an aromatic ring is 1. The van der Waals surface area contributed by atoms with Crippen molar-refractivity contribution in [2.75, 3.05) is 16.4 Å². The minimum absolute atomic E-state index is 0.0714. The molecule has 13 heteroatoms. The summed E-state index contributed by atoms with van der Waals surface area (Å²) in [6.07, 6.45) is 0.918. The molecule has 5 N–H and O–H groups in total. The molecule has 2 aliphatic carbocycles. The van der Waals surface area contributed by atoms with Crippen molar-refractivity contribution in [2.45, 2.75) is 49.9 Å². The highest BCUT2D eigenvalue weighted by atomic mass is 19.4. The average Bonchev–Trinajstić information content (AvgIpc) is 3.78. The van der Waals surface area contributed by atoms with Crippen molar-refractivity contribution in [3.63, 3.8) is 0 Å². The highest BCUT2D eigenvalue weighted by molar-refractivity contribution is 6.02. The Hall–Kier alpha value is -4.13. The lowest BCUT2D eigenvalue weighted by atomic mass is 10.0. The molecule has 4 aromatic rings. The Kier molecular flexibility index (Phi) is 5.16. The fraction of sp³-hybridized carbons (Fsp3) is 0.333. The molecule has 2 fully saturated rings. The molecule has 3 aromatic heterocycles. The number of anilines is 3. The van der Waals surface area contributed by atoms with E-state index in [-0.39, 0.29) is 31.0 Å². The van der Waals surface area contributed by atoms with Gasteiger partial charge < -0.3 is 25.2 Å². The number of aliphatic hydroxyl groups is 1. The Bertz CT molecular complexity index is 1520. The first-order valence-electron chi connectivity index (χ1n) is 11.7. The summed E-state index contributed by atoms with van der Waals surface area (Å²) in [6.45, 7) is -0.378. The first kappa shape index (κ1) is 23.3. The molecule has 3 heterocycles. The summed E-state index contributed by atoms with van der Waals surface area (Å²) < 4.78 is 46.9. The molecular formula is C24H22F3N7O3. The summed E-state index contributed by atoms with van der Waals surface area (Å²) in [5.41, 5.74) is 6.93. The highest BCUT2D eigenvalue weighted by Crippen LogP contribution is 2.58. The fourth-order valence-electron chi connectivity index (χ4n) is 4.61. The minimum atomic E-state index is -4.44. The third-order valence-electron chi connectivity index (χ3n) is 6.94. The highest BCUT2D eigenvalue weighted by Gasteiger charge is 2.66. The molecule has 0 atom stereocenters. The Morgan fingerprint density at radius 3 is 2.68 bits per heavy atom. The molecule has 6 rings (SSSR count). The van der Waals surface area contributed by atoms with Gasteiger partial charge in [0, 0.05) is 35.1 Å². The number of carbonyl (C=O) groups excluding carboxylic acids is 1. The van der Waals surface area contributed by atoms with E-state index in [2.05, 4.69) is 30.3 Å². The lowest BCUT2D eigenvalue weighted by Gasteiger charge is -2.15. The molecule has 192 valence electrons. The number of aromatic nitrogens is 4. The zero-order chi connectivity index (χ0) is 25.9. The monoisotopic (exact) mass is 513 g/mol. The van der Waals surface area contributed by atoms with E-state index in [4.69, 9.17) is 10.3 Å². The molecule has 2 saturated carbocycles. The van der Waals surface area contributed by atoms with Crippen molar-refractivity contribution in [3.8, 4) is 11.1 Å². The fourth-order valence-corrected chi connectivity index (χ4v) is 4.61. The zero-order valence-electron chi connectivity index (χ0n) is 19.3. The number of nitrogens with one attached hydrogen (secondary N) is 2. The quantitative estimate of drug-likeness (QED) is 0.292. The SMILES string of the molecule is Nc1ncnc2c1c(-c1ccc(NC(=O)Nc3cc(C4(C(F)(F)F)CC4)no3)c(CO)c1)cn2C1CC1. The number of hydrogen-bond donors (Lipinski definition) is 4. The van der Waals surface area contributed by atoms with Crippen molar-refractivity contribution in [2.24, 2.45) is 0 Å². The number of urea groups is 1. The van der Waals surface area contributed by atoms with Gasteiger partial charge in [-0.2, -0.15) is 13.2 Å². The summed E-state index contributed by atoms with van der Waals surface area (Å²) in [6, 6.07) is 5.79. The van der Waals surface area contributed by atoms with E-state index < -0.39 is 17.6 Å². The smallest absolute Gasteiger partial charge is 0.392 e. The Morgan fingerprint density at radius 1 is 1.22 bits per heavy atom. The summed E-state index contributed by atoms with van der Waals surface area (Å²) in [5.74, 6) is 0.130. The molecule has 1 aromatic carbocycles. The van der Waals surface area contributed by atoms with E-state index in [1.807, 2.05) is 6.20 Å². The summed E-state index contributed by atoms with van der Waals surface area (Å²) in [4.78, 5) is 21.1. The second-order valence-electron chi connectivity index (χ2n) is 9.40. The molecular weight excluding hydrogens is 491 g/mol. The van der Waals surface area contributed by atoms with Crippen LogP contribution in [0.25, 0.3) is 22.2 Å². The lowest BCUT2D eigenvalue weighted by Crippen LogP contribution is -2.28. The van der Waals surface area contributed by atoms with Gasteiger partial charge in [-0.05, 0) is 43.4 Å². The van der Waals surface area contributed by atoms with E-state index in [9.17, 15) is 23.1 Å². The van der Waals surface area contributed by atoms with Crippen molar-refractivity contribution < 1.29 is 27.6 Å². The van der Waals surface area contributed by atoms with Gasteiger partial charge in [0.1, 0.15) is 28.9 Å². The van der Waals surface area contributed by atoms with Crippen molar-refractivity contribution in [1.29, 1.82) is 0 Å². The number of hydrogen-bond acceptors (Lipinski definition) is 7. The van der Waals surface area contributed by atoms with Crippen LogP contribution in [0.2, 0.25) is 0 Å². The maximum Gasteiger partial charge on any atom is 0.400 e. The van der Waals surface area contributed by atoms with Gasteiger partial charge in [0.25, 0.3) is 0 Å². The number of nitrogens with zero attached hydrogens (tertiary/aromatic N) is 4. The molecule has 0 saturated heterocycles. The van der Waals surface area contributed by atoms with Crippen LogP contribution in [0.3, 0.4) is 0 Å². The molecule has 10 nitrogen and oxygen atoms in total. The lowest BCUT2D eigenvalue weighted by molar-refractivity contribution is -0.161. The molecule has 0 spiro atoms. The van der Waals surface area contributed by atoms with Gasteiger partial charge in [-0.25, -0.2) is 14.8 Å². The van der Waals surface area contributed by atoms with Gasteiger partial charge in [-0.1, -0.05) is 11.2 Å². The predicted molar refractivity (Wildman–Crippen MR) is 128 cm³/mol. The maximum atomic E-state index is 13.3. The predicted octanol–water partition coefficient (Wildman–Crippen LogP) is 4.73. The number of benzene rings is 1. The van der Waals surface area contributed by atoms with E-state index >= 15 is 0 Å². The molecule has 37 heavy (non-hydrogen) atoms. The maximum absolute atomic E-state index is 13.3. The van der Waals surface area contributed by atoms with Crippen LogP contribution in [-0.4, -0.2) is 37.0 Å². The molecule has 2 amide bonds. The van der Waals surface area contributed by atoms with E-state index in [1.54, 1.807) is 18.2 Å². The van der Waals surface area contributed by atoms with Crippen LogP contribution in [0.15, 0.2) is 41.3 Å². The zero-order valence-corrected chi connectivity index (χ0v) is 19.3. The van der Waals surface area contributed by atoms with E-state index in [0.717, 1.165) is 35.7 Å². The standard InChI is InChI=1S/C24H22F3N7O3/c25-24(26,27)23(5-6-23)17-8-18(37-33-17)32-22(36)31-16-4-1-12(7-13(16)10-35)15-9-34(14-2-3-14)21-19(15)20(28)29-11-30-21/h1,4,7-9,11,14,35H,2-3,5-6,10H2,(H2,28,29,30)(H2,31,32,36). The second kappa shape index (κ2) is 8.20. The van der Waals surface area contributed by atoms with Crippen LogP contribution in [-0.2, 0) is 12.0 Å². The van der Waals surface area contributed by atoms with Crippen LogP contribution >= 0.6 is 0 Å². The number of rotatable bonds is 6. The van der Waals surface area contributed by atoms with Gasteiger partial charge in [0.05, 0.1) is 12.0 Å². The van der Waals surface area contributed by atoms with Crippen LogP contribution in [0, 0.1) is 0 Å². The van der Waals surface area contributed by atoms with Gasteiger partial charge >= 0.3 is 12.2 Å². The van der Waals surface area contributed by atoms with E-state index in [1.165, 1.54) is 6.33 Å². The minimum Gasteiger partial charge on any atom is -0.392 e. The number of halogens is 3.